The third-order valence-corrected chi connectivity index (χ3v) is 19.1. The number of hydrogen-bond acceptors (Lipinski definition) is 5. The standard InChI is InChI=1S/C92H91N5/c1-88(2,3)70-28-42-77(43-29-70)95(78-44-30-71(31-45-78)89(4,5)6)75-38-24-62(25-39-75)66-56-68(86-84-22-18-16-20-64(84)52-54-93-86)60-82(58-66)97(81-50-36-74(37-51-81)92(13,14)15)83-59-67(57-69(61-83)87-85-23-19-17-21-65(85)53-55-94-87)63-26-40-76(41-27-63)96(79-46-32-72(33-47-79)90(7,8)9)80-48-34-73(35-49-80)91(10,11)12/h16-61H,1-15H3. The third-order valence-electron chi connectivity index (χ3n) is 19.1. The first kappa shape index (κ1) is 65.3. The zero-order chi connectivity index (χ0) is 68.2. The number of rotatable bonds is 13. The van der Waals surface area contributed by atoms with E-state index in [1.54, 1.807) is 0 Å². The number of aromatic nitrogens is 2. The minimum atomic E-state index is -0.0649. The van der Waals surface area contributed by atoms with Crippen LogP contribution in [0.1, 0.15) is 132 Å². The van der Waals surface area contributed by atoms with Gasteiger partial charge in [-0.3, -0.25) is 9.97 Å². The number of anilines is 9. The molecule has 0 aliphatic carbocycles. The van der Waals surface area contributed by atoms with Crippen molar-refractivity contribution in [3.05, 3.63) is 307 Å². The normalized spacial score (nSPS) is 12.3. The van der Waals surface area contributed by atoms with Crippen molar-refractivity contribution in [3.8, 4) is 44.8 Å². The molecular formula is C92H91N5. The van der Waals surface area contributed by atoms with Crippen LogP contribution < -0.4 is 14.7 Å². The maximum Gasteiger partial charge on any atom is 0.0781 e. The van der Waals surface area contributed by atoms with Crippen molar-refractivity contribution in [2.24, 2.45) is 0 Å². The van der Waals surface area contributed by atoms with E-state index in [1.807, 2.05) is 12.4 Å². The number of nitrogens with zero attached hydrogens (tertiary/aromatic N) is 5. The number of hydrogen-bond donors (Lipinski definition) is 0. The fraction of sp³-hybridized carbons (Fsp3) is 0.217. The van der Waals surface area contributed by atoms with Crippen LogP contribution in [0.4, 0.5) is 51.2 Å². The van der Waals surface area contributed by atoms with Gasteiger partial charge in [-0.1, -0.05) is 237 Å². The van der Waals surface area contributed by atoms with Crippen LogP contribution in [0.15, 0.2) is 279 Å². The van der Waals surface area contributed by atoms with Crippen LogP contribution in [0, 0.1) is 0 Å². The number of benzene rings is 11. The van der Waals surface area contributed by atoms with Crippen LogP contribution in [0.2, 0.25) is 0 Å². The van der Waals surface area contributed by atoms with Gasteiger partial charge in [-0.25, -0.2) is 0 Å². The van der Waals surface area contributed by atoms with E-state index >= 15 is 0 Å². The van der Waals surface area contributed by atoms with Gasteiger partial charge in [0.1, 0.15) is 0 Å². The Kier molecular flexibility index (Phi) is 17.3. The zero-order valence-corrected chi connectivity index (χ0v) is 59.3. The lowest BCUT2D eigenvalue weighted by atomic mass is 9.86. The van der Waals surface area contributed by atoms with E-state index in [1.165, 1.54) is 27.8 Å². The molecule has 0 N–H and O–H groups in total. The fourth-order valence-electron chi connectivity index (χ4n) is 13.3. The van der Waals surface area contributed by atoms with E-state index in [2.05, 4.69) is 385 Å². The molecule has 0 atom stereocenters. The lowest BCUT2D eigenvalue weighted by Crippen LogP contribution is -2.14. The van der Waals surface area contributed by atoms with Crippen molar-refractivity contribution < 1.29 is 0 Å². The average Bonchev–Trinajstić information content (AvgIpc) is 0.781. The summed E-state index contributed by atoms with van der Waals surface area (Å²) in [6.45, 7) is 34.1. The highest BCUT2D eigenvalue weighted by molar-refractivity contribution is 5.99. The van der Waals surface area contributed by atoms with Gasteiger partial charge in [0.2, 0.25) is 0 Å². The van der Waals surface area contributed by atoms with Gasteiger partial charge in [0.15, 0.2) is 0 Å². The van der Waals surface area contributed by atoms with Crippen molar-refractivity contribution in [2.75, 3.05) is 14.7 Å². The number of pyridine rings is 2. The van der Waals surface area contributed by atoms with Gasteiger partial charge in [-0.05, 0) is 221 Å². The predicted molar refractivity (Wildman–Crippen MR) is 416 cm³/mol. The zero-order valence-electron chi connectivity index (χ0n) is 59.3. The Bertz CT molecular complexity index is 4520. The van der Waals surface area contributed by atoms with Gasteiger partial charge in [0.05, 0.1) is 11.4 Å². The molecule has 0 amide bonds. The fourth-order valence-corrected chi connectivity index (χ4v) is 13.3. The lowest BCUT2D eigenvalue weighted by Gasteiger charge is -2.29. The molecular weight excluding hydrogens is 1180 g/mol. The van der Waals surface area contributed by atoms with Crippen molar-refractivity contribution in [1.29, 1.82) is 0 Å². The highest BCUT2D eigenvalue weighted by Gasteiger charge is 2.25. The Hall–Kier alpha value is -10.4. The van der Waals surface area contributed by atoms with Gasteiger partial charge in [0.25, 0.3) is 0 Å². The highest BCUT2D eigenvalue weighted by Crippen LogP contribution is 2.47. The smallest absolute Gasteiger partial charge is 0.0781 e. The SMILES string of the molecule is CC(C)(C)c1ccc(N(c2ccc(-c3cc(-c4nccc5ccccc45)cc(N(c4ccc(C(C)(C)C)cc4)c4cc(-c5ccc(N(c6ccc(C(C)(C)C)cc6)c6ccc(C(C)(C)C)cc6)cc5)cc(-c5nccc6ccccc56)c4)c3)cc2)c2ccc(C(C)(C)C)cc2)cc1. The summed E-state index contributed by atoms with van der Waals surface area (Å²) in [5, 5.41) is 4.45. The topological polar surface area (TPSA) is 35.5 Å². The second-order valence-electron chi connectivity index (χ2n) is 31.4. The highest BCUT2D eigenvalue weighted by atomic mass is 15.2. The molecule has 2 aromatic heterocycles. The minimum absolute atomic E-state index is 0.0231. The molecule has 0 spiro atoms. The van der Waals surface area contributed by atoms with E-state index in [4.69, 9.17) is 9.97 Å². The van der Waals surface area contributed by atoms with Crippen LogP contribution in [-0.2, 0) is 27.1 Å². The quantitative estimate of drug-likeness (QED) is 0.115. The van der Waals surface area contributed by atoms with Gasteiger partial charge in [-0.15, -0.1) is 0 Å². The Balaban J connectivity index is 1.00. The summed E-state index contributed by atoms with van der Waals surface area (Å²) in [6.07, 6.45) is 3.89. The van der Waals surface area contributed by atoms with Crippen LogP contribution in [0.5, 0.6) is 0 Å². The monoisotopic (exact) mass is 1270 g/mol. The molecule has 13 rings (SSSR count). The van der Waals surface area contributed by atoms with Crippen LogP contribution in [-0.4, -0.2) is 9.97 Å². The number of fused-ring (bicyclic) bond motifs is 2. The molecule has 5 nitrogen and oxygen atoms in total. The first-order valence-corrected chi connectivity index (χ1v) is 34.3. The van der Waals surface area contributed by atoms with Gasteiger partial charge < -0.3 is 14.7 Å². The van der Waals surface area contributed by atoms with Crippen LogP contribution >= 0.6 is 0 Å². The second kappa shape index (κ2) is 25.7. The Morgan fingerprint density at radius 2 is 0.433 bits per heavy atom. The van der Waals surface area contributed by atoms with Crippen LogP contribution in [0.3, 0.4) is 0 Å². The summed E-state index contributed by atoms with van der Waals surface area (Å²) in [4.78, 5) is 17.7. The second-order valence-corrected chi connectivity index (χ2v) is 31.4. The van der Waals surface area contributed by atoms with Gasteiger partial charge >= 0.3 is 0 Å². The summed E-state index contributed by atoms with van der Waals surface area (Å²) < 4.78 is 0. The molecule has 0 radical (unpaired) electrons. The maximum atomic E-state index is 5.23. The molecule has 5 heteroatoms. The average molecular weight is 1270 g/mol. The largest absolute Gasteiger partial charge is 0.311 e. The molecule has 0 saturated heterocycles. The van der Waals surface area contributed by atoms with E-state index in [0.29, 0.717) is 0 Å². The minimum Gasteiger partial charge on any atom is -0.311 e. The molecule has 97 heavy (non-hydrogen) atoms. The third kappa shape index (κ3) is 13.9. The van der Waals surface area contributed by atoms with E-state index in [9.17, 15) is 0 Å². The lowest BCUT2D eigenvalue weighted by molar-refractivity contribution is 0.590. The summed E-state index contributed by atoms with van der Waals surface area (Å²) in [5.74, 6) is 0. The van der Waals surface area contributed by atoms with Crippen molar-refractivity contribution >= 4 is 72.7 Å². The van der Waals surface area contributed by atoms with Crippen molar-refractivity contribution in [2.45, 2.75) is 131 Å². The van der Waals surface area contributed by atoms with Crippen LogP contribution in [0.25, 0.3) is 66.3 Å². The molecule has 0 aliphatic heterocycles. The van der Waals surface area contributed by atoms with Gasteiger partial charge in [0, 0.05) is 85.5 Å². The summed E-state index contributed by atoms with van der Waals surface area (Å²) in [6, 6.07) is 99.3. The molecule has 2 heterocycles. The molecule has 0 aliphatic rings. The van der Waals surface area contributed by atoms with E-state index < -0.39 is 0 Å². The Morgan fingerprint density at radius 3 is 0.691 bits per heavy atom. The molecule has 0 fully saturated rings. The molecule has 11 aromatic carbocycles. The molecule has 0 saturated carbocycles. The van der Waals surface area contributed by atoms with Crippen molar-refractivity contribution in [3.63, 3.8) is 0 Å². The molecule has 484 valence electrons. The summed E-state index contributed by atoms with van der Waals surface area (Å²) >= 11 is 0. The van der Waals surface area contributed by atoms with Gasteiger partial charge in [-0.2, -0.15) is 0 Å². The predicted octanol–water partition coefficient (Wildman–Crippen LogP) is 26.3. The molecule has 0 bridgehead atoms. The summed E-state index contributed by atoms with van der Waals surface area (Å²) in [7, 11) is 0. The molecule has 13 aromatic rings. The Labute approximate surface area is 576 Å². The maximum absolute atomic E-state index is 5.23. The summed E-state index contributed by atoms with van der Waals surface area (Å²) in [5.41, 5.74) is 24.2. The van der Waals surface area contributed by atoms with E-state index in [-0.39, 0.29) is 27.1 Å². The first-order chi connectivity index (χ1) is 46.2. The van der Waals surface area contributed by atoms with Crippen molar-refractivity contribution in [1.82, 2.24) is 9.97 Å². The first-order valence-electron chi connectivity index (χ1n) is 34.3. The van der Waals surface area contributed by atoms with E-state index in [0.717, 1.165) is 117 Å². The molecule has 0 unspecified atom stereocenters. The Morgan fingerprint density at radius 1 is 0.206 bits per heavy atom.